The number of Topliss-reactive ketones (excluding diaryl/α,β-unsaturated/α-hetero) is 1. The first-order valence-corrected chi connectivity index (χ1v) is 10.4. The van der Waals surface area contributed by atoms with E-state index in [9.17, 15) is 4.79 Å². The van der Waals surface area contributed by atoms with Crippen molar-refractivity contribution in [2.75, 3.05) is 0 Å². The fourth-order valence-corrected chi connectivity index (χ4v) is 8.18. The van der Waals surface area contributed by atoms with Crippen LogP contribution >= 0.6 is 0 Å². The van der Waals surface area contributed by atoms with Crippen LogP contribution in [0.15, 0.2) is 0 Å². The van der Waals surface area contributed by atoms with Gasteiger partial charge in [-0.15, -0.1) is 0 Å². The Labute approximate surface area is 143 Å². The number of hydrogen-bond donors (Lipinski definition) is 0. The molecule has 0 heterocycles. The van der Waals surface area contributed by atoms with Gasteiger partial charge in [0.25, 0.3) is 0 Å². The predicted molar refractivity (Wildman–Crippen MR) is 95.1 cm³/mol. The van der Waals surface area contributed by atoms with E-state index in [0.717, 1.165) is 42.4 Å². The van der Waals surface area contributed by atoms with Gasteiger partial charge in [-0.2, -0.15) is 0 Å². The Morgan fingerprint density at radius 1 is 0.913 bits per heavy atom. The van der Waals surface area contributed by atoms with Crippen molar-refractivity contribution in [3.63, 3.8) is 0 Å². The molecule has 4 aliphatic rings. The quantitative estimate of drug-likeness (QED) is 0.591. The van der Waals surface area contributed by atoms with Crippen molar-refractivity contribution in [3.8, 4) is 0 Å². The van der Waals surface area contributed by atoms with Crippen LogP contribution in [0.3, 0.4) is 0 Å². The molecular weight excluding hydrogens is 280 g/mol. The average molecular weight is 317 g/mol. The van der Waals surface area contributed by atoms with Crippen molar-refractivity contribution in [1.82, 2.24) is 0 Å². The number of carbonyl (C=O) groups excluding carboxylic acids is 1. The third-order valence-electron chi connectivity index (χ3n) is 9.36. The second kappa shape index (κ2) is 5.33. The van der Waals surface area contributed by atoms with Crippen LogP contribution in [0.1, 0.15) is 85.5 Å². The van der Waals surface area contributed by atoms with Gasteiger partial charge in [0.15, 0.2) is 0 Å². The topological polar surface area (TPSA) is 17.1 Å². The van der Waals surface area contributed by atoms with Crippen LogP contribution in [-0.4, -0.2) is 5.78 Å². The minimum Gasteiger partial charge on any atom is -0.300 e. The van der Waals surface area contributed by atoms with E-state index in [4.69, 9.17) is 0 Å². The molecule has 1 heteroatoms. The first kappa shape index (κ1) is 16.2. The van der Waals surface area contributed by atoms with Crippen LogP contribution in [0.5, 0.6) is 0 Å². The molecule has 4 saturated carbocycles. The number of ketones is 1. The minimum atomic E-state index is 0.480. The van der Waals surface area contributed by atoms with Crippen molar-refractivity contribution in [3.05, 3.63) is 0 Å². The lowest BCUT2D eigenvalue weighted by atomic mass is 9.44. The van der Waals surface area contributed by atoms with Gasteiger partial charge >= 0.3 is 0 Å². The molecule has 1 nitrogen and oxygen atoms in total. The van der Waals surface area contributed by atoms with Gasteiger partial charge in [0.05, 0.1) is 0 Å². The highest BCUT2D eigenvalue weighted by Gasteiger charge is 2.60. The van der Waals surface area contributed by atoms with Gasteiger partial charge in [-0.3, -0.25) is 4.79 Å². The summed E-state index contributed by atoms with van der Waals surface area (Å²) < 4.78 is 0. The molecule has 0 aromatic carbocycles. The largest absolute Gasteiger partial charge is 0.300 e. The monoisotopic (exact) mass is 316 g/mol. The lowest BCUT2D eigenvalue weighted by Crippen LogP contribution is -2.53. The van der Waals surface area contributed by atoms with Crippen LogP contribution in [0.2, 0.25) is 0 Å². The molecule has 0 unspecified atom stereocenters. The highest BCUT2D eigenvalue weighted by molar-refractivity contribution is 5.79. The van der Waals surface area contributed by atoms with E-state index < -0.39 is 0 Å². The van der Waals surface area contributed by atoms with Crippen molar-refractivity contribution in [2.45, 2.75) is 85.5 Å². The summed E-state index contributed by atoms with van der Waals surface area (Å²) in [7, 11) is 0. The fourth-order valence-electron chi connectivity index (χ4n) is 8.18. The van der Waals surface area contributed by atoms with Crippen LogP contribution in [0, 0.1) is 46.3 Å². The maximum Gasteiger partial charge on any atom is 0.133 e. The molecular formula is C22H36O. The highest BCUT2D eigenvalue weighted by Crippen LogP contribution is 2.67. The molecule has 23 heavy (non-hydrogen) atoms. The maximum atomic E-state index is 12.0. The summed E-state index contributed by atoms with van der Waals surface area (Å²) in [6.07, 6.45) is 11.6. The third-order valence-corrected chi connectivity index (χ3v) is 9.36. The number of rotatable bonds is 1. The molecule has 0 aromatic heterocycles. The van der Waals surface area contributed by atoms with Crippen LogP contribution in [0.25, 0.3) is 0 Å². The Bertz CT molecular complexity index is 494. The average Bonchev–Trinajstić information content (AvgIpc) is 2.85. The standard InChI is InChI=1S/C22H36O/c1-14(2)18-7-8-19-17-6-5-15-13-16(23)9-11-21(15,3)20(17)10-12-22(18,19)4/h14-15,17-20H,5-13H2,1-4H3/t15-,17+,18-,19+,20+,21+,22-/m1/s1. The Morgan fingerprint density at radius 3 is 2.39 bits per heavy atom. The summed E-state index contributed by atoms with van der Waals surface area (Å²) in [5, 5.41) is 0. The fraction of sp³-hybridized carbons (Fsp3) is 0.955. The summed E-state index contributed by atoms with van der Waals surface area (Å²) in [4.78, 5) is 12.0. The van der Waals surface area contributed by atoms with E-state index in [-0.39, 0.29) is 0 Å². The zero-order valence-electron chi connectivity index (χ0n) is 15.7. The van der Waals surface area contributed by atoms with Crippen molar-refractivity contribution >= 4 is 5.78 Å². The molecule has 4 fully saturated rings. The van der Waals surface area contributed by atoms with E-state index in [1.807, 2.05) is 0 Å². The predicted octanol–water partition coefficient (Wildman–Crippen LogP) is 5.87. The van der Waals surface area contributed by atoms with E-state index in [1.54, 1.807) is 0 Å². The Hall–Kier alpha value is -0.330. The van der Waals surface area contributed by atoms with E-state index >= 15 is 0 Å². The molecule has 7 atom stereocenters. The van der Waals surface area contributed by atoms with Crippen molar-refractivity contribution < 1.29 is 4.79 Å². The summed E-state index contributed by atoms with van der Waals surface area (Å²) >= 11 is 0. The molecule has 4 rings (SSSR count). The van der Waals surface area contributed by atoms with Gasteiger partial charge < -0.3 is 0 Å². The van der Waals surface area contributed by atoms with Crippen LogP contribution in [0.4, 0.5) is 0 Å². The van der Waals surface area contributed by atoms with Gasteiger partial charge in [-0.1, -0.05) is 27.7 Å². The second-order valence-electron chi connectivity index (χ2n) is 10.4. The van der Waals surface area contributed by atoms with E-state index in [1.165, 1.54) is 44.9 Å². The lowest BCUT2D eigenvalue weighted by Gasteiger charge is -2.60. The smallest absolute Gasteiger partial charge is 0.133 e. The van der Waals surface area contributed by atoms with Crippen molar-refractivity contribution in [1.29, 1.82) is 0 Å². The number of carbonyl (C=O) groups is 1. The summed E-state index contributed by atoms with van der Waals surface area (Å²) in [6.45, 7) is 10.1. The molecule has 0 radical (unpaired) electrons. The van der Waals surface area contributed by atoms with Crippen molar-refractivity contribution in [2.24, 2.45) is 46.3 Å². The molecule has 0 N–H and O–H groups in total. The van der Waals surface area contributed by atoms with Gasteiger partial charge in [0.1, 0.15) is 5.78 Å². The zero-order valence-corrected chi connectivity index (χ0v) is 15.7. The number of fused-ring (bicyclic) bond motifs is 5. The lowest BCUT2D eigenvalue weighted by molar-refractivity contribution is -0.140. The maximum absolute atomic E-state index is 12.0. The molecule has 130 valence electrons. The van der Waals surface area contributed by atoms with E-state index in [2.05, 4.69) is 27.7 Å². The molecule has 4 aliphatic carbocycles. The Kier molecular flexibility index (Phi) is 3.75. The summed E-state index contributed by atoms with van der Waals surface area (Å²) in [6, 6.07) is 0. The zero-order chi connectivity index (χ0) is 16.4. The highest BCUT2D eigenvalue weighted by atomic mass is 16.1. The molecule has 0 spiro atoms. The first-order chi connectivity index (χ1) is 10.9. The van der Waals surface area contributed by atoms with Crippen LogP contribution < -0.4 is 0 Å². The summed E-state index contributed by atoms with van der Waals surface area (Å²) in [5.41, 5.74) is 1.09. The molecule has 0 aliphatic heterocycles. The van der Waals surface area contributed by atoms with Gasteiger partial charge in [0.2, 0.25) is 0 Å². The molecule has 0 bridgehead atoms. The SMILES string of the molecule is CC(C)[C@H]1CC[C@H]2[C@@H]3CC[C@@H]4CC(=O)CC[C@]4(C)[C@H]3CC[C@]12C. The van der Waals surface area contributed by atoms with Gasteiger partial charge in [0, 0.05) is 12.8 Å². The second-order valence-corrected chi connectivity index (χ2v) is 10.4. The first-order valence-electron chi connectivity index (χ1n) is 10.4. The van der Waals surface area contributed by atoms with Gasteiger partial charge in [-0.05, 0) is 91.3 Å². The van der Waals surface area contributed by atoms with Crippen LogP contribution in [-0.2, 0) is 4.79 Å². The molecule has 0 amide bonds. The van der Waals surface area contributed by atoms with E-state index in [0.29, 0.717) is 22.5 Å². The third kappa shape index (κ3) is 2.20. The Morgan fingerprint density at radius 2 is 1.65 bits per heavy atom. The normalized spacial score (nSPS) is 52.9. The molecule has 0 aromatic rings. The Balaban J connectivity index is 1.61. The van der Waals surface area contributed by atoms with Gasteiger partial charge in [-0.25, -0.2) is 0 Å². The minimum absolute atomic E-state index is 0.480. The summed E-state index contributed by atoms with van der Waals surface area (Å²) in [5.74, 6) is 5.91. The molecule has 0 saturated heterocycles. The number of hydrogen-bond acceptors (Lipinski definition) is 1.